The van der Waals surface area contributed by atoms with Crippen molar-refractivity contribution in [3.63, 3.8) is 0 Å². The van der Waals surface area contributed by atoms with Gasteiger partial charge in [-0.25, -0.2) is 0 Å². The molecule has 1 aliphatic carbocycles. The van der Waals surface area contributed by atoms with Crippen molar-refractivity contribution in [2.45, 2.75) is 57.5 Å². The molecular formula is C24H26BrNO3. The van der Waals surface area contributed by atoms with Crippen molar-refractivity contribution >= 4 is 33.3 Å². The molecule has 4 nitrogen and oxygen atoms in total. The number of aliphatic hydroxyl groups is 1. The second kappa shape index (κ2) is 8.04. The Balaban J connectivity index is 1.66. The lowest BCUT2D eigenvalue weighted by Gasteiger charge is -2.23. The highest BCUT2D eigenvalue weighted by Crippen LogP contribution is 2.44. The molecule has 0 fully saturated rings. The number of hydrogen-bond donors (Lipinski definition) is 1. The summed E-state index contributed by atoms with van der Waals surface area (Å²) in [6, 6.07) is 11.3. The Bertz CT molecular complexity index is 971. The minimum absolute atomic E-state index is 0.197. The molecule has 4 rings (SSSR count). The number of ketones is 1. The van der Waals surface area contributed by atoms with E-state index in [1.54, 1.807) is 11.0 Å². The molecule has 29 heavy (non-hydrogen) atoms. The van der Waals surface area contributed by atoms with Crippen LogP contribution in [0.25, 0.3) is 0 Å². The van der Waals surface area contributed by atoms with Gasteiger partial charge < -0.3 is 10.0 Å². The van der Waals surface area contributed by atoms with Crippen LogP contribution in [-0.2, 0) is 23.2 Å². The van der Waals surface area contributed by atoms with Gasteiger partial charge in [0.25, 0.3) is 5.91 Å². The fraction of sp³-hybridized carbons (Fsp3) is 0.417. The van der Waals surface area contributed by atoms with Crippen LogP contribution in [0.3, 0.4) is 0 Å². The zero-order valence-corrected chi connectivity index (χ0v) is 18.3. The Morgan fingerprint density at radius 3 is 2.66 bits per heavy atom. The van der Waals surface area contributed by atoms with Crippen molar-refractivity contribution in [2.24, 2.45) is 0 Å². The fourth-order valence-electron chi connectivity index (χ4n) is 4.47. The number of carbonyl (C=O) groups excluding carboxylic acids is 2. The molecule has 5 heteroatoms. The van der Waals surface area contributed by atoms with E-state index in [0.717, 1.165) is 36.6 Å². The summed E-state index contributed by atoms with van der Waals surface area (Å²) in [4.78, 5) is 27.9. The Morgan fingerprint density at radius 2 is 1.90 bits per heavy atom. The van der Waals surface area contributed by atoms with E-state index in [4.69, 9.17) is 0 Å². The van der Waals surface area contributed by atoms with Gasteiger partial charge >= 0.3 is 0 Å². The SMILES string of the molecule is CCCCN1C(=O)C(O)(CC(=O)c2ccc3c(c2)CCCC3)c2cc(Br)ccc21. The molecule has 1 aliphatic heterocycles. The second-order valence-electron chi connectivity index (χ2n) is 8.12. The van der Waals surface area contributed by atoms with E-state index in [1.807, 2.05) is 30.3 Å². The summed E-state index contributed by atoms with van der Waals surface area (Å²) in [6.45, 7) is 2.61. The molecule has 1 atom stereocenters. The van der Waals surface area contributed by atoms with Gasteiger partial charge in [-0.2, -0.15) is 0 Å². The summed E-state index contributed by atoms with van der Waals surface area (Å²) < 4.78 is 0.779. The van der Waals surface area contributed by atoms with Crippen LogP contribution in [0.15, 0.2) is 40.9 Å². The molecule has 0 saturated carbocycles. The van der Waals surface area contributed by atoms with E-state index in [0.29, 0.717) is 23.4 Å². The summed E-state index contributed by atoms with van der Waals surface area (Å²) in [5.74, 6) is -0.595. The van der Waals surface area contributed by atoms with Crippen LogP contribution >= 0.6 is 15.9 Å². The predicted octanol–water partition coefficient (Wildman–Crippen LogP) is 4.94. The summed E-state index contributed by atoms with van der Waals surface area (Å²) >= 11 is 3.44. The van der Waals surface area contributed by atoms with Gasteiger partial charge in [-0.15, -0.1) is 0 Å². The largest absolute Gasteiger partial charge is 0.375 e. The first-order valence-electron chi connectivity index (χ1n) is 10.4. The first-order chi connectivity index (χ1) is 13.9. The van der Waals surface area contributed by atoms with Gasteiger partial charge in [0.1, 0.15) is 0 Å². The lowest BCUT2D eigenvalue weighted by molar-refractivity contribution is -0.135. The highest BCUT2D eigenvalue weighted by molar-refractivity contribution is 9.10. The molecule has 1 N–H and O–H groups in total. The molecule has 152 valence electrons. The second-order valence-corrected chi connectivity index (χ2v) is 9.04. The van der Waals surface area contributed by atoms with Crippen molar-refractivity contribution in [1.82, 2.24) is 0 Å². The number of unbranched alkanes of at least 4 members (excludes halogenated alkanes) is 1. The average Bonchev–Trinajstić information content (AvgIpc) is 2.92. The molecule has 0 saturated heterocycles. The van der Waals surface area contributed by atoms with Crippen LogP contribution in [0.4, 0.5) is 5.69 Å². The maximum atomic E-state index is 13.2. The van der Waals surface area contributed by atoms with Crippen molar-refractivity contribution in [1.29, 1.82) is 0 Å². The van der Waals surface area contributed by atoms with Crippen LogP contribution in [0.2, 0.25) is 0 Å². The number of benzene rings is 2. The van der Waals surface area contributed by atoms with Crippen molar-refractivity contribution in [2.75, 3.05) is 11.4 Å². The lowest BCUT2D eigenvalue weighted by Crippen LogP contribution is -2.42. The van der Waals surface area contributed by atoms with Gasteiger partial charge in [0, 0.05) is 22.1 Å². The van der Waals surface area contributed by atoms with Crippen molar-refractivity contribution in [3.05, 3.63) is 63.1 Å². The van der Waals surface area contributed by atoms with Crippen LogP contribution in [0.5, 0.6) is 0 Å². The third-order valence-electron chi connectivity index (χ3n) is 6.12. The van der Waals surface area contributed by atoms with Gasteiger partial charge in [0.15, 0.2) is 11.4 Å². The number of nitrogens with zero attached hydrogens (tertiary/aromatic N) is 1. The van der Waals surface area contributed by atoms with Gasteiger partial charge in [-0.05, 0) is 67.5 Å². The van der Waals surface area contributed by atoms with E-state index in [9.17, 15) is 14.7 Å². The van der Waals surface area contributed by atoms with E-state index in [1.165, 1.54) is 17.5 Å². The average molecular weight is 456 g/mol. The van der Waals surface area contributed by atoms with Crippen molar-refractivity contribution < 1.29 is 14.7 Å². The summed E-state index contributed by atoms with van der Waals surface area (Å²) in [5, 5.41) is 11.4. The molecule has 1 heterocycles. The fourth-order valence-corrected chi connectivity index (χ4v) is 4.83. The molecule has 0 radical (unpaired) electrons. The molecule has 1 unspecified atom stereocenters. The van der Waals surface area contributed by atoms with Crippen molar-refractivity contribution in [3.8, 4) is 0 Å². The highest BCUT2D eigenvalue weighted by Gasteiger charge is 2.50. The number of halogens is 1. The van der Waals surface area contributed by atoms with E-state index >= 15 is 0 Å². The molecule has 2 aliphatic rings. The Morgan fingerprint density at radius 1 is 1.14 bits per heavy atom. The number of amides is 1. The van der Waals surface area contributed by atoms with Gasteiger partial charge in [0.2, 0.25) is 0 Å². The van der Waals surface area contributed by atoms with E-state index < -0.39 is 11.5 Å². The minimum atomic E-state index is -1.82. The molecule has 1 amide bonds. The van der Waals surface area contributed by atoms with Crippen LogP contribution in [0, 0.1) is 0 Å². The summed E-state index contributed by atoms with van der Waals surface area (Å²) in [5.41, 5.74) is 2.50. The minimum Gasteiger partial charge on any atom is -0.375 e. The molecule has 2 aromatic rings. The number of rotatable bonds is 6. The van der Waals surface area contributed by atoms with Crippen LogP contribution in [-0.4, -0.2) is 23.3 Å². The number of hydrogen-bond acceptors (Lipinski definition) is 3. The number of carbonyl (C=O) groups is 2. The third-order valence-corrected chi connectivity index (χ3v) is 6.61. The summed E-state index contributed by atoms with van der Waals surface area (Å²) in [7, 11) is 0. The van der Waals surface area contributed by atoms with Gasteiger partial charge in [-0.1, -0.05) is 41.4 Å². The van der Waals surface area contributed by atoms with E-state index in [2.05, 4.69) is 22.9 Å². The lowest BCUT2D eigenvalue weighted by atomic mass is 9.85. The first kappa shape index (κ1) is 20.3. The maximum absolute atomic E-state index is 13.2. The molecule has 0 bridgehead atoms. The molecule has 0 spiro atoms. The Hall–Kier alpha value is -1.98. The van der Waals surface area contributed by atoms with Gasteiger partial charge in [0.05, 0.1) is 12.1 Å². The quantitative estimate of drug-likeness (QED) is 0.627. The summed E-state index contributed by atoms with van der Waals surface area (Å²) in [6.07, 6.45) is 5.92. The third kappa shape index (κ3) is 3.66. The first-order valence-corrected chi connectivity index (χ1v) is 11.2. The predicted molar refractivity (Wildman–Crippen MR) is 117 cm³/mol. The monoisotopic (exact) mass is 455 g/mol. The number of anilines is 1. The topological polar surface area (TPSA) is 57.6 Å². The van der Waals surface area contributed by atoms with Crippen LogP contribution in [0.1, 0.15) is 66.1 Å². The normalized spacial score (nSPS) is 20.5. The maximum Gasteiger partial charge on any atom is 0.264 e. The smallest absolute Gasteiger partial charge is 0.264 e. The van der Waals surface area contributed by atoms with E-state index in [-0.39, 0.29) is 12.2 Å². The number of aryl methyl sites for hydroxylation is 2. The molecule has 2 aromatic carbocycles. The Labute approximate surface area is 180 Å². The number of Topliss-reactive ketones (excluding diaryl/α,β-unsaturated/α-hetero) is 1. The standard InChI is InChI=1S/C24H26BrNO3/c1-2-3-12-26-21-11-10-19(25)14-20(21)24(29,23(26)28)15-22(27)18-9-8-16-6-4-5-7-17(16)13-18/h8-11,13-14,29H,2-7,12,15H2,1H3. The molecular weight excluding hydrogens is 430 g/mol. The number of fused-ring (bicyclic) bond motifs is 2. The molecule has 0 aromatic heterocycles. The van der Waals surface area contributed by atoms with Gasteiger partial charge in [-0.3, -0.25) is 9.59 Å². The highest BCUT2D eigenvalue weighted by atomic mass is 79.9. The Kier molecular flexibility index (Phi) is 5.63. The zero-order chi connectivity index (χ0) is 20.6. The zero-order valence-electron chi connectivity index (χ0n) is 16.7. The van der Waals surface area contributed by atoms with Crippen LogP contribution < -0.4 is 4.90 Å².